The highest BCUT2D eigenvalue weighted by Crippen LogP contribution is 2.11. The van der Waals surface area contributed by atoms with Crippen molar-refractivity contribution in [2.45, 2.75) is 20.4 Å². The Morgan fingerprint density at radius 3 is 3.10 bits per heavy atom. The number of nitrogens with one attached hydrogen (secondary N) is 2. The van der Waals surface area contributed by atoms with Crippen molar-refractivity contribution >= 4 is 22.3 Å². The van der Waals surface area contributed by atoms with Gasteiger partial charge in [-0.2, -0.15) is 0 Å². The van der Waals surface area contributed by atoms with Crippen LogP contribution < -0.4 is 10.6 Å². The second kappa shape index (κ2) is 7.86. The molecule has 0 aliphatic carbocycles. The summed E-state index contributed by atoms with van der Waals surface area (Å²) in [7, 11) is 0. The van der Waals surface area contributed by atoms with Gasteiger partial charge in [-0.3, -0.25) is 4.40 Å². The van der Waals surface area contributed by atoms with Crippen LogP contribution in [-0.4, -0.2) is 41.6 Å². The fourth-order valence-electron chi connectivity index (χ4n) is 1.74. The van der Waals surface area contributed by atoms with Gasteiger partial charge >= 0.3 is 0 Å². The number of aliphatic imine (C=N–C) groups is 1. The highest BCUT2D eigenvalue weighted by Gasteiger charge is 2.02. The molecule has 0 bridgehead atoms. The topological polar surface area (TPSA) is 63.0 Å². The van der Waals surface area contributed by atoms with E-state index in [1.54, 1.807) is 11.3 Å². The van der Waals surface area contributed by atoms with Gasteiger partial charge in [0.25, 0.3) is 0 Å². The number of fused-ring (bicyclic) bond motifs is 1. The molecular weight excluding hydrogens is 274 g/mol. The second-order valence-electron chi connectivity index (χ2n) is 4.14. The molecule has 0 saturated carbocycles. The van der Waals surface area contributed by atoms with Crippen LogP contribution in [0.3, 0.4) is 0 Å². The van der Waals surface area contributed by atoms with Crippen molar-refractivity contribution in [2.24, 2.45) is 4.99 Å². The minimum atomic E-state index is 0.568. The number of aromatic nitrogens is 2. The lowest BCUT2D eigenvalue weighted by Gasteiger charge is -2.10. The first-order valence-electron chi connectivity index (χ1n) is 6.84. The van der Waals surface area contributed by atoms with E-state index in [4.69, 9.17) is 4.74 Å². The fraction of sp³-hybridized carbons (Fsp3) is 0.538. The molecule has 2 rings (SSSR count). The maximum atomic E-state index is 5.29. The molecule has 0 saturated heterocycles. The zero-order valence-electron chi connectivity index (χ0n) is 11.9. The lowest BCUT2D eigenvalue weighted by molar-refractivity contribution is 0.152. The van der Waals surface area contributed by atoms with Gasteiger partial charge in [-0.05, 0) is 13.8 Å². The number of rotatable bonds is 7. The van der Waals surface area contributed by atoms with Crippen molar-refractivity contribution in [3.8, 4) is 0 Å². The molecule has 2 heterocycles. The maximum absolute atomic E-state index is 5.29. The van der Waals surface area contributed by atoms with Crippen molar-refractivity contribution in [3.05, 3.63) is 23.5 Å². The van der Waals surface area contributed by atoms with E-state index in [9.17, 15) is 0 Å². The van der Waals surface area contributed by atoms with Crippen LogP contribution in [0.25, 0.3) is 4.96 Å². The minimum absolute atomic E-state index is 0.568. The molecule has 0 aliphatic heterocycles. The monoisotopic (exact) mass is 295 g/mol. The van der Waals surface area contributed by atoms with E-state index in [0.717, 1.165) is 36.3 Å². The lowest BCUT2D eigenvalue weighted by Crippen LogP contribution is -2.39. The number of hydrogen-bond donors (Lipinski definition) is 2. The first kappa shape index (κ1) is 14.8. The smallest absolute Gasteiger partial charge is 0.193 e. The summed E-state index contributed by atoms with van der Waals surface area (Å²) in [6, 6.07) is 0. The average Bonchev–Trinajstić information content (AvgIpc) is 3.01. The Morgan fingerprint density at radius 1 is 1.45 bits per heavy atom. The molecule has 0 radical (unpaired) electrons. The van der Waals surface area contributed by atoms with Crippen LogP contribution in [-0.2, 0) is 11.3 Å². The first-order valence-corrected chi connectivity index (χ1v) is 7.72. The third-order valence-corrected chi connectivity index (χ3v) is 3.40. The van der Waals surface area contributed by atoms with Crippen LogP contribution in [0.1, 0.15) is 19.5 Å². The van der Waals surface area contributed by atoms with Gasteiger partial charge in [0, 0.05) is 37.5 Å². The Bertz CT molecular complexity index is 519. The number of hydrogen-bond acceptors (Lipinski definition) is 4. The highest BCUT2D eigenvalue weighted by molar-refractivity contribution is 7.15. The Morgan fingerprint density at radius 2 is 2.35 bits per heavy atom. The Hall–Kier alpha value is -1.60. The van der Waals surface area contributed by atoms with Crippen molar-refractivity contribution in [1.29, 1.82) is 0 Å². The number of imidazole rings is 1. The molecule has 6 nitrogen and oxygen atoms in total. The van der Waals surface area contributed by atoms with E-state index in [-0.39, 0.29) is 0 Å². The quantitative estimate of drug-likeness (QED) is 0.461. The summed E-state index contributed by atoms with van der Waals surface area (Å²) in [6.07, 6.45) is 4.02. The largest absolute Gasteiger partial charge is 0.380 e. The Labute approximate surface area is 122 Å². The van der Waals surface area contributed by atoms with Gasteiger partial charge in [0.05, 0.1) is 18.8 Å². The summed E-state index contributed by atoms with van der Waals surface area (Å²) in [5.74, 6) is 0.795. The predicted octanol–water partition coefficient (Wildman–Crippen LogP) is 1.49. The van der Waals surface area contributed by atoms with E-state index in [2.05, 4.69) is 20.6 Å². The number of guanidine groups is 1. The molecular formula is C13H21N5OS. The van der Waals surface area contributed by atoms with Gasteiger partial charge in [0.1, 0.15) is 0 Å². The third-order valence-electron chi connectivity index (χ3n) is 2.63. The normalized spacial score (nSPS) is 12.0. The van der Waals surface area contributed by atoms with Crippen molar-refractivity contribution < 1.29 is 4.74 Å². The molecule has 0 amide bonds. The molecule has 2 aromatic rings. The molecule has 0 aliphatic rings. The fourth-order valence-corrected chi connectivity index (χ4v) is 2.46. The van der Waals surface area contributed by atoms with E-state index in [1.807, 2.05) is 36.0 Å². The van der Waals surface area contributed by atoms with Gasteiger partial charge < -0.3 is 15.4 Å². The van der Waals surface area contributed by atoms with Crippen LogP contribution in [0.2, 0.25) is 0 Å². The van der Waals surface area contributed by atoms with Crippen LogP contribution in [0.4, 0.5) is 0 Å². The Kier molecular flexibility index (Phi) is 5.82. The zero-order chi connectivity index (χ0) is 14.2. The standard InChI is InChI=1S/C13H21N5OS/c1-3-14-12(15-5-7-19-4-2)16-9-11-10-18-6-8-20-13(18)17-11/h6,8,10H,3-5,7,9H2,1-2H3,(H2,14,15,16). The first-order chi connectivity index (χ1) is 9.83. The Balaban J connectivity index is 1.88. The van der Waals surface area contributed by atoms with E-state index in [1.165, 1.54) is 0 Å². The van der Waals surface area contributed by atoms with Crippen LogP contribution in [0.15, 0.2) is 22.8 Å². The molecule has 7 heteroatoms. The van der Waals surface area contributed by atoms with Crippen molar-refractivity contribution in [3.63, 3.8) is 0 Å². The van der Waals surface area contributed by atoms with Crippen LogP contribution in [0.5, 0.6) is 0 Å². The summed E-state index contributed by atoms with van der Waals surface area (Å²) in [6.45, 7) is 7.60. The molecule has 110 valence electrons. The van der Waals surface area contributed by atoms with Gasteiger partial charge in [-0.15, -0.1) is 11.3 Å². The molecule has 2 aromatic heterocycles. The number of ether oxygens (including phenoxy) is 1. The van der Waals surface area contributed by atoms with Gasteiger partial charge in [0.15, 0.2) is 10.9 Å². The second-order valence-corrected chi connectivity index (χ2v) is 5.02. The maximum Gasteiger partial charge on any atom is 0.193 e. The molecule has 0 spiro atoms. The third kappa shape index (κ3) is 4.21. The van der Waals surface area contributed by atoms with Crippen LogP contribution >= 0.6 is 11.3 Å². The lowest BCUT2D eigenvalue weighted by atomic mass is 10.5. The molecule has 20 heavy (non-hydrogen) atoms. The molecule has 0 atom stereocenters. The summed E-state index contributed by atoms with van der Waals surface area (Å²) in [5, 5.41) is 8.47. The SMILES string of the molecule is CCNC(=NCc1cn2ccsc2n1)NCCOCC. The van der Waals surface area contributed by atoms with E-state index in [0.29, 0.717) is 13.2 Å². The number of thiazole rings is 1. The van der Waals surface area contributed by atoms with Crippen molar-refractivity contribution in [2.75, 3.05) is 26.3 Å². The molecule has 0 unspecified atom stereocenters. The molecule has 0 fully saturated rings. The predicted molar refractivity (Wildman–Crippen MR) is 82.4 cm³/mol. The highest BCUT2D eigenvalue weighted by atomic mass is 32.1. The summed E-state index contributed by atoms with van der Waals surface area (Å²) >= 11 is 1.63. The van der Waals surface area contributed by atoms with E-state index >= 15 is 0 Å². The van der Waals surface area contributed by atoms with Crippen LogP contribution in [0, 0.1) is 0 Å². The minimum Gasteiger partial charge on any atom is -0.380 e. The zero-order valence-corrected chi connectivity index (χ0v) is 12.7. The molecule has 2 N–H and O–H groups in total. The van der Waals surface area contributed by atoms with Gasteiger partial charge in [-0.1, -0.05) is 0 Å². The summed E-state index contributed by atoms with van der Waals surface area (Å²) < 4.78 is 7.31. The van der Waals surface area contributed by atoms with E-state index < -0.39 is 0 Å². The van der Waals surface area contributed by atoms with Crippen molar-refractivity contribution in [1.82, 2.24) is 20.0 Å². The average molecular weight is 295 g/mol. The summed E-state index contributed by atoms with van der Waals surface area (Å²) in [4.78, 5) is 10.0. The van der Waals surface area contributed by atoms with Gasteiger partial charge in [-0.25, -0.2) is 9.98 Å². The van der Waals surface area contributed by atoms with Gasteiger partial charge in [0.2, 0.25) is 0 Å². The summed E-state index contributed by atoms with van der Waals surface area (Å²) in [5.41, 5.74) is 0.971. The molecule has 0 aromatic carbocycles. The number of nitrogens with zero attached hydrogens (tertiary/aromatic N) is 3.